The second-order valence-corrected chi connectivity index (χ2v) is 9.79. The van der Waals surface area contributed by atoms with Gasteiger partial charge < -0.3 is 14.8 Å². The lowest BCUT2D eigenvalue weighted by Crippen LogP contribution is -2.63. The molecule has 0 saturated carbocycles. The Bertz CT molecular complexity index is 1080. The minimum atomic E-state index is -3.90. The van der Waals surface area contributed by atoms with Crippen LogP contribution in [0.3, 0.4) is 0 Å². The number of para-hydroxylation sites is 1. The maximum Gasteiger partial charge on any atom is 0.242 e. The fourth-order valence-electron chi connectivity index (χ4n) is 4.15. The van der Waals surface area contributed by atoms with Crippen molar-refractivity contribution in [2.24, 2.45) is 0 Å². The molecule has 0 aliphatic carbocycles. The molecular formula is C21H23NO5S. The van der Waals surface area contributed by atoms with Crippen molar-refractivity contribution in [1.82, 2.24) is 5.32 Å². The summed E-state index contributed by atoms with van der Waals surface area (Å²) in [7, 11) is -2.36. The van der Waals surface area contributed by atoms with Gasteiger partial charge >= 0.3 is 0 Å². The van der Waals surface area contributed by atoms with Gasteiger partial charge in [-0.25, -0.2) is 8.42 Å². The molecule has 3 atom stereocenters. The summed E-state index contributed by atoms with van der Waals surface area (Å²) in [5, 5.41) is 1.55. The fraction of sp³-hybridized carbons (Fsp3) is 0.381. The monoisotopic (exact) mass is 401 g/mol. The molecule has 2 aliphatic heterocycles. The number of carbonyl (C=O) groups is 1. The molecule has 1 fully saturated rings. The molecular weight excluding hydrogens is 378 g/mol. The molecule has 148 valence electrons. The Labute approximate surface area is 164 Å². The van der Waals surface area contributed by atoms with Gasteiger partial charge in [0.05, 0.1) is 12.0 Å². The van der Waals surface area contributed by atoms with E-state index in [0.29, 0.717) is 23.5 Å². The minimum Gasteiger partial charge on any atom is -0.493 e. The van der Waals surface area contributed by atoms with Crippen LogP contribution in [0, 0.1) is 13.8 Å². The second kappa shape index (κ2) is 6.24. The van der Waals surface area contributed by atoms with Crippen molar-refractivity contribution in [3.63, 3.8) is 0 Å². The van der Waals surface area contributed by atoms with E-state index in [1.807, 2.05) is 19.9 Å². The lowest BCUT2D eigenvalue weighted by Gasteiger charge is -2.47. The Morgan fingerprint density at radius 3 is 2.61 bits per heavy atom. The number of benzene rings is 2. The number of rotatable bonds is 3. The third-order valence-electron chi connectivity index (χ3n) is 5.72. The molecule has 1 saturated heterocycles. The van der Waals surface area contributed by atoms with Gasteiger partial charge in [0, 0.05) is 17.9 Å². The van der Waals surface area contributed by atoms with Crippen molar-refractivity contribution in [2.75, 3.05) is 7.11 Å². The van der Waals surface area contributed by atoms with Crippen LogP contribution in [0.2, 0.25) is 0 Å². The Morgan fingerprint density at radius 2 is 1.93 bits per heavy atom. The van der Waals surface area contributed by atoms with Crippen LogP contribution in [0.5, 0.6) is 11.5 Å². The SMILES string of the molecule is COc1cccc2c1O[C@@]1(C)C[C@H]2[C@H](S(=O)(=O)c2ccc(C)c(C)c2)C(=O)N1. The first-order chi connectivity index (χ1) is 13.2. The van der Waals surface area contributed by atoms with E-state index < -0.39 is 32.6 Å². The number of amides is 1. The van der Waals surface area contributed by atoms with Crippen LogP contribution in [0.1, 0.15) is 36.0 Å². The minimum absolute atomic E-state index is 0.162. The molecule has 0 unspecified atom stereocenters. The summed E-state index contributed by atoms with van der Waals surface area (Å²) < 4.78 is 38.4. The molecule has 0 radical (unpaired) electrons. The van der Waals surface area contributed by atoms with Gasteiger partial charge in [-0.3, -0.25) is 4.79 Å². The van der Waals surface area contributed by atoms with E-state index in [9.17, 15) is 13.2 Å². The van der Waals surface area contributed by atoms with E-state index in [1.54, 1.807) is 37.3 Å². The molecule has 2 aromatic rings. The van der Waals surface area contributed by atoms with Crippen molar-refractivity contribution < 1.29 is 22.7 Å². The average molecular weight is 401 g/mol. The zero-order valence-electron chi connectivity index (χ0n) is 16.3. The number of hydrogen-bond donors (Lipinski definition) is 1. The number of carbonyl (C=O) groups excluding carboxylic acids is 1. The van der Waals surface area contributed by atoms with Crippen molar-refractivity contribution in [3.8, 4) is 11.5 Å². The number of ether oxygens (including phenoxy) is 2. The second-order valence-electron chi connectivity index (χ2n) is 7.72. The van der Waals surface area contributed by atoms with Gasteiger partial charge in [-0.2, -0.15) is 0 Å². The molecule has 2 heterocycles. The van der Waals surface area contributed by atoms with E-state index >= 15 is 0 Å². The lowest BCUT2D eigenvalue weighted by molar-refractivity contribution is -0.132. The highest BCUT2D eigenvalue weighted by atomic mass is 32.2. The molecule has 0 spiro atoms. The highest BCUT2D eigenvalue weighted by Gasteiger charge is 2.54. The van der Waals surface area contributed by atoms with Gasteiger partial charge in [0.2, 0.25) is 5.91 Å². The molecule has 28 heavy (non-hydrogen) atoms. The maximum absolute atomic E-state index is 13.5. The number of hydrogen-bond acceptors (Lipinski definition) is 5. The summed E-state index contributed by atoms with van der Waals surface area (Å²) in [6, 6.07) is 10.3. The highest BCUT2D eigenvalue weighted by Crippen LogP contribution is 2.50. The third kappa shape index (κ3) is 2.76. The summed E-state index contributed by atoms with van der Waals surface area (Å²) in [6.07, 6.45) is 0.369. The Balaban J connectivity index is 1.88. The Morgan fingerprint density at radius 1 is 1.18 bits per heavy atom. The third-order valence-corrected chi connectivity index (χ3v) is 7.84. The summed E-state index contributed by atoms with van der Waals surface area (Å²) in [5.74, 6) is -0.0504. The highest BCUT2D eigenvalue weighted by molar-refractivity contribution is 7.92. The van der Waals surface area contributed by atoms with Crippen LogP contribution in [-0.4, -0.2) is 32.4 Å². The van der Waals surface area contributed by atoms with E-state index in [2.05, 4.69) is 5.32 Å². The zero-order chi connectivity index (χ0) is 20.3. The molecule has 2 aromatic carbocycles. The number of aryl methyl sites for hydroxylation is 2. The van der Waals surface area contributed by atoms with E-state index in [-0.39, 0.29) is 4.90 Å². The number of piperidine rings is 1. The summed E-state index contributed by atoms with van der Waals surface area (Å²) >= 11 is 0. The van der Waals surface area contributed by atoms with E-state index in [0.717, 1.165) is 11.1 Å². The standard InChI is InChI=1S/C21H23NO5S/c1-12-8-9-14(10-13(12)2)28(24,25)19-16-11-21(3,22-20(19)23)27-18-15(16)6-5-7-17(18)26-4/h5-10,16,19H,11H2,1-4H3,(H,22,23)/t16-,19+,21+/m1/s1. The zero-order valence-corrected chi connectivity index (χ0v) is 17.1. The van der Waals surface area contributed by atoms with Gasteiger partial charge in [-0.05, 0) is 50.1 Å². The largest absolute Gasteiger partial charge is 0.493 e. The lowest BCUT2D eigenvalue weighted by atomic mass is 9.81. The summed E-state index contributed by atoms with van der Waals surface area (Å²) in [5.41, 5.74) is 1.58. The van der Waals surface area contributed by atoms with E-state index in [4.69, 9.17) is 9.47 Å². The van der Waals surface area contributed by atoms with Gasteiger partial charge in [-0.15, -0.1) is 0 Å². The molecule has 2 aliphatic rings. The van der Waals surface area contributed by atoms with Gasteiger partial charge in [0.15, 0.2) is 32.3 Å². The number of methoxy groups -OCH3 is 1. The van der Waals surface area contributed by atoms with Crippen molar-refractivity contribution in [1.29, 1.82) is 0 Å². The van der Waals surface area contributed by atoms with Gasteiger partial charge in [-0.1, -0.05) is 18.2 Å². The normalized spacial score (nSPS) is 26.1. The first-order valence-corrected chi connectivity index (χ1v) is 10.7. The van der Waals surface area contributed by atoms with Gasteiger partial charge in [0.1, 0.15) is 0 Å². The van der Waals surface area contributed by atoms with Crippen molar-refractivity contribution in [2.45, 2.75) is 49.0 Å². The van der Waals surface area contributed by atoms with Crippen LogP contribution in [-0.2, 0) is 14.6 Å². The van der Waals surface area contributed by atoms with Crippen LogP contribution in [0.25, 0.3) is 0 Å². The average Bonchev–Trinajstić information content (AvgIpc) is 2.62. The molecule has 1 amide bonds. The quantitative estimate of drug-likeness (QED) is 0.855. The molecule has 0 aromatic heterocycles. The van der Waals surface area contributed by atoms with E-state index in [1.165, 1.54) is 7.11 Å². The predicted molar refractivity (Wildman–Crippen MR) is 104 cm³/mol. The van der Waals surface area contributed by atoms with Crippen LogP contribution >= 0.6 is 0 Å². The molecule has 2 bridgehead atoms. The smallest absolute Gasteiger partial charge is 0.242 e. The molecule has 6 nitrogen and oxygen atoms in total. The molecule has 7 heteroatoms. The Hall–Kier alpha value is -2.54. The van der Waals surface area contributed by atoms with Crippen LogP contribution in [0.15, 0.2) is 41.3 Å². The van der Waals surface area contributed by atoms with Crippen LogP contribution < -0.4 is 14.8 Å². The first-order valence-electron chi connectivity index (χ1n) is 9.15. The van der Waals surface area contributed by atoms with Crippen molar-refractivity contribution in [3.05, 3.63) is 53.1 Å². The summed E-state index contributed by atoms with van der Waals surface area (Å²) in [6.45, 7) is 5.54. The van der Waals surface area contributed by atoms with Crippen LogP contribution in [0.4, 0.5) is 0 Å². The topological polar surface area (TPSA) is 81.7 Å². The maximum atomic E-state index is 13.5. The molecule has 1 N–H and O–H groups in total. The Kier molecular flexibility index (Phi) is 4.19. The number of nitrogens with one attached hydrogen (secondary N) is 1. The van der Waals surface area contributed by atoms with Crippen molar-refractivity contribution >= 4 is 15.7 Å². The number of fused-ring (bicyclic) bond motifs is 4. The molecule has 4 rings (SSSR count). The first kappa shape index (κ1) is 18.8. The van der Waals surface area contributed by atoms with Gasteiger partial charge in [0.25, 0.3) is 0 Å². The summed E-state index contributed by atoms with van der Waals surface area (Å²) in [4.78, 5) is 13.1. The predicted octanol–water partition coefficient (Wildman–Crippen LogP) is 2.87. The fourth-order valence-corrected chi connectivity index (χ4v) is 6.06. The number of sulfone groups is 1.